The molecule has 1 N–H and O–H groups in total. The fourth-order valence-corrected chi connectivity index (χ4v) is 2.65. The maximum Gasteiger partial charge on any atom is 0.258 e. The molecule has 0 unspecified atom stereocenters. The van der Waals surface area contributed by atoms with Crippen molar-refractivity contribution >= 4 is 11.8 Å². The smallest absolute Gasteiger partial charge is 0.258 e. The Kier molecular flexibility index (Phi) is 7.16. The Bertz CT molecular complexity index is 788. The predicted octanol–water partition coefficient (Wildman–Crippen LogP) is 2.62. The van der Waals surface area contributed by atoms with Crippen LogP contribution in [0.4, 0.5) is 4.39 Å². The van der Waals surface area contributed by atoms with Crippen LogP contribution in [-0.2, 0) is 11.3 Å². The average molecular weight is 374 g/mol. The molecule has 144 valence electrons. The van der Waals surface area contributed by atoms with E-state index in [1.807, 2.05) is 0 Å². The highest BCUT2D eigenvalue weighted by Crippen LogP contribution is 2.27. The minimum atomic E-state index is -0.376. The van der Waals surface area contributed by atoms with Gasteiger partial charge in [0, 0.05) is 32.1 Å². The Morgan fingerprint density at radius 1 is 1.04 bits per heavy atom. The summed E-state index contributed by atoms with van der Waals surface area (Å²) >= 11 is 0. The van der Waals surface area contributed by atoms with Crippen molar-refractivity contribution in [1.29, 1.82) is 0 Å². The maximum absolute atomic E-state index is 13.8. The van der Waals surface area contributed by atoms with Crippen molar-refractivity contribution in [2.75, 3.05) is 27.3 Å². The van der Waals surface area contributed by atoms with Crippen LogP contribution in [-0.4, -0.2) is 44.0 Å². The van der Waals surface area contributed by atoms with Crippen molar-refractivity contribution in [3.05, 3.63) is 59.4 Å². The van der Waals surface area contributed by atoms with Gasteiger partial charge in [-0.2, -0.15) is 0 Å². The number of methoxy groups -OCH3 is 2. The number of nitrogens with one attached hydrogen (secondary N) is 1. The molecule has 0 atom stereocenters. The number of nitrogens with zero attached hydrogens (tertiary/aromatic N) is 1. The summed E-state index contributed by atoms with van der Waals surface area (Å²) in [6, 6.07) is 11.3. The normalized spacial score (nSPS) is 10.2. The van der Waals surface area contributed by atoms with Gasteiger partial charge in [-0.3, -0.25) is 9.59 Å². The van der Waals surface area contributed by atoms with E-state index in [2.05, 4.69) is 5.32 Å². The summed E-state index contributed by atoms with van der Waals surface area (Å²) in [6.45, 7) is 1.99. The quantitative estimate of drug-likeness (QED) is 0.771. The Hall–Kier alpha value is -3.09. The van der Waals surface area contributed by atoms with Crippen molar-refractivity contribution in [3.8, 4) is 11.5 Å². The zero-order valence-corrected chi connectivity index (χ0v) is 15.6. The van der Waals surface area contributed by atoms with E-state index < -0.39 is 0 Å². The highest BCUT2D eigenvalue weighted by atomic mass is 19.1. The van der Waals surface area contributed by atoms with Crippen molar-refractivity contribution in [2.24, 2.45) is 0 Å². The number of rotatable bonds is 8. The fourth-order valence-electron chi connectivity index (χ4n) is 2.65. The van der Waals surface area contributed by atoms with Crippen molar-refractivity contribution in [3.63, 3.8) is 0 Å². The zero-order chi connectivity index (χ0) is 19.8. The molecule has 0 heterocycles. The largest absolute Gasteiger partial charge is 0.496 e. The molecule has 0 saturated heterocycles. The van der Waals surface area contributed by atoms with Crippen LogP contribution in [0, 0.1) is 5.82 Å². The molecule has 0 fully saturated rings. The van der Waals surface area contributed by atoms with Crippen molar-refractivity contribution in [1.82, 2.24) is 10.2 Å². The molecule has 0 bridgehead atoms. The SMILES string of the molecule is COc1cccc(OC)c1C(=O)NCCN(Cc1ccccc1F)C(C)=O. The molecule has 2 rings (SSSR count). The van der Waals surface area contributed by atoms with Gasteiger partial charge < -0.3 is 19.7 Å². The van der Waals surface area contributed by atoms with Gasteiger partial charge in [0.05, 0.1) is 14.2 Å². The van der Waals surface area contributed by atoms with E-state index in [0.29, 0.717) is 17.1 Å². The lowest BCUT2D eigenvalue weighted by Gasteiger charge is -2.22. The first-order valence-corrected chi connectivity index (χ1v) is 8.46. The van der Waals surface area contributed by atoms with Gasteiger partial charge in [-0.1, -0.05) is 24.3 Å². The molecule has 27 heavy (non-hydrogen) atoms. The fraction of sp³-hybridized carbons (Fsp3) is 0.300. The van der Waals surface area contributed by atoms with Crippen LogP contribution < -0.4 is 14.8 Å². The van der Waals surface area contributed by atoms with Gasteiger partial charge in [-0.05, 0) is 18.2 Å². The van der Waals surface area contributed by atoms with Crippen LogP contribution in [0.25, 0.3) is 0 Å². The Morgan fingerprint density at radius 2 is 1.67 bits per heavy atom. The topological polar surface area (TPSA) is 67.9 Å². The molecule has 0 aromatic heterocycles. The second kappa shape index (κ2) is 9.56. The molecule has 0 saturated carbocycles. The molecule has 0 aliphatic rings. The van der Waals surface area contributed by atoms with Crippen LogP contribution in [0.2, 0.25) is 0 Å². The third-order valence-electron chi connectivity index (χ3n) is 4.09. The predicted molar refractivity (Wildman–Crippen MR) is 99.4 cm³/mol. The van der Waals surface area contributed by atoms with Gasteiger partial charge in [0.1, 0.15) is 22.9 Å². The average Bonchev–Trinajstić information content (AvgIpc) is 2.67. The number of hydrogen-bond donors (Lipinski definition) is 1. The standard InChI is InChI=1S/C20H23FN2O4/c1-14(24)23(13-15-7-4-5-8-16(15)21)12-11-22-20(25)19-17(26-2)9-6-10-18(19)27-3/h4-10H,11-13H2,1-3H3,(H,22,25). The lowest BCUT2D eigenvalue weighted by molar-refractivity contribution is -0.129. The Balaban J connectivity index is 2.02. The summed E-state index contributed by atoms with van der Waals surface area (Å²) in [5.74, 6) is -0.170. The van der Waals surface area contributed by atoms with Gasteiger partial charge in [0.15, 0.2) is 0 Å². The lowest BCUT2D eigenvalue weighted by atomic mass is 10.1. The van der Waals surface area contributed by atoms with Gasteiger partial charge in [-0.25, -0.2) is 4.39 Å². The lowest BCUT2D eigenvalue weighted by Crippen LogP contribution is -2.37. The number of carbonyl (C=O) groups excluding carboxylic acids is 2. The molecule has 0 spiro atoms. The molecule has 0 aliphatic carbocycles. The summed E-state index contributed by atoms with van der Waals surface area (Å²) < 4.78 is 24.3. The van der Waals surface area contributed by atoms with E-state index in [-0.39, 0.29) is 42.8 Å². The second-order valence-electron chi connectivity index (χ2n) is 5.83. The number of hydrogen-bond acceptors (Lipinski definition) is 4. The summed E-state index contributed by atoms with van der Waals surface area (Å²) in [7, 11) is 2.94. The number of carbonyl (C=O) groups is 2. The number of benzene rings is 2. The first-order valence-electron chi connectivity index (χ1n) is 8.46. The summed E-state index contributed by atoms with van der Waals surface area (Å²) in [6.07, 6.45) is 0. The van der Waals surface area contributed by atoms with Crippen LogP contribution in [0.15, 0.2) is 42.5 Å². The summed E-state index contributed by atoms with van der Waals surface area (Å²) in [5, 5.41) is 2.75. The van der Waals surface area contributed by atoms with Crippen LogP contribution in [0.1, 0.15) is 22.8 Å². The van der Waals surface area contributed by atoms with E-state index >= 15 is 0 Å². The number of ether oxygens (including phenoxy) is 2. The monoisotopic (exact) mass is 374 g/mol. The third-order valence-corrected chi connectivity index (χ3v) is 4.09. The molecule has 2 aromatic rings. The van der Waals surface area contributed by atoms with Crippen molar-refractivity contribution < 1.29 is 23.5 Å². The van der Waals surface area contributed by atoms with Gasteiger partial charge in [-0.15, -0.1) is 0 Å². The molecular weight excluding hydrogens is 351 g/mol. The zero-order valence-electron chi connectivity index (χ0n) is 15.6. The minimum absolute atomic E-state index is 0.135. The van der Waals surface area contributed by atoms with Crippen LogP contribution in [0.5, 0.6) is 11.5 Å². The van der Waals surface area contributed by atoms with Gasteiger partial charge in [0.25, 0.3) is 5.91 Å². The van der Waals surface area contributed by atoms with E-state index in [9.17, 15) is 14.0 Å². The maximum atomic E-state index is 13.8. The molecule has 2 amide bonds. The summed E-state index contributed by atoms with van der Waals surface area (Å²) in [5.41, 5.74) is 0.705. The highest BCUT2D eigenvalue weighted by Gasteiger charge is 2.18. The molecule has 0 aliphatic heterocycles. The molecule has 6 nitrogen and oxygen atoms in total. The molecular formula is C20H23FN2O4. The van der Waals surface area contributed by atoms with E-state index in [1.54, 1.807) is 36.4 Å². The van der Waals surface area contributed by atoms with Crippen LogP contribution in [0.3, 0.4) is 0 Å². The van der Waals surface area contributed by atoms with Gasteiger partial charge in [0.2, 0.25) is 5.91 Å². The first-order chi connectivity index (χ1) is 13.0. The number of amides is 2. The first kappa shape index (κ1) is 20.2. The van der Waals surface area contributed by atoms with E-state index in [4.69, 9.17) is 9.47 Å². The van der Waals surface area contributed by atoms with E-state index in [1.165, 1.54) is 32.1 Å². The van der Waals surface area contributed by atoms with Gasteiger partial charge >= 0.3 is 0 Å². The summed E-state index contributed by atoms with van der Waals surface area (Å²) in [4.78, 5) is 25.9. The minimum Gasteiger partial charge on any atom is -0.496 e. The third kappa shape index (κ3) is 5.20. The molecule has 0 radical (unpaired) electrons. The van der Waals surface area contributed by atoms with Crippen LogP contribution >= 0.6 is 0 Å². The number of halogens is 1. The van der Waals surface area contributed by atoms with Crippen molar-refractivity contribution in [2.45, 2.75) is 13.5 Å². The molecule has 7 heteroatoms. The highest BCUT2D eigenvalue weighted by molar-refractivity contribution is 5.99. The second-order valence-corrected chi connectivity index (χ2v) is 5.83. The Morgan fingerprint density at radius 3 is 2.22 bits per heavy atom. The molecule has 2 aromatic carbocycles. The Labute approximate surface area is 157 Å². The van der Waals surface area contributed by atoms with E-state index in [0.717, 1.165) is 0 Å².